The highest BCUT2D eigenvalue weighted by molar-refractivity contribution is 7.98. The van der Waals surface area contributed by atoms with E-state index in [0.29, 0.717) is 5.92 Å². The van der Waals surface area contributed by atoms with Crippen LogP contribution in [0.2, 0.25) is 0 Å². The maximum Gasteiger partial charge on any atom is 0.159 e. The Morgan fingerprint density at radius 2 is 2.10 bits per heavy atom. The van der Waals surface area contributed by atoms with Crippen LogP contribution in [-0.4, -0.2) is 22.8 Å². The Morgan fingerprint density at radius 1 is 1.30 bits per heavy atom. The van der Waals surface area contributed by atoms with E-state index in [1.165, 1.54) is 16.2 Å². The first-order valence-electron chi connectivity index (χ1n) is 6.99. The monoisotopic (exact) mass is 285 g/mol. The molecule has 0 aliphatic heterocycles. The molecule has 0 radical (unpaired) electrons. The fourth-order valence-electron chi connectivity index (χ4n) is 2.66. The number of fused-ring (bicyclic) bond motifs is 1. The van der Waals surface area contributed by atoms with Crippen molar-refractivity contribution < 1.29 is 0 Å². The third-order valence-corrected chi connectivity index (χ3v) is 4.68. The predicted octanol–water partition coefficient (Wildman–Crippen LogP) is 2.93. The summed E-state index contributed by atoms with van der Waals surface area (Å²) in [7, 11) is 0. The molecule has 3 nitrogen and oxygen atoms in total. The predicted molar refractivity (Wildman–Crippen MR) is 83.8 cm³/mol. The average Bonchev–Trinajstić information content (AvgIpc) is 2.54. The summed E-state index contributed by atoms with van der Waals surface area (Å²) in [4.78, 5) is 10.5. The smallest absolute Gasteiger partial charge is 0.159 e. The van der Waals surface area contributed by atoms with Crippen molar-refractivity contribution in [2.75, 3.05) is 12.8 Å². The normalized spacial score (nSPS) is 17.8. The van der Waals surface area contributed by atoms with Gasteiger partial charge in [-0.1, -0.05) is 12.1 Å². The van der Waals surface area contributed by atoms with Crippen molar-refractivity contribution >= 4 is 11.8 Å². The lowest BCUT2D eigenvalue weighted by atomic mass is 9.87. The fraction of sp³-hybridized carbons (Fsp3) is 0.375. The zero-order valence-electron chi connectivity index (χ0n) is 11.7. The third kappa shape index (κ3) is 2.72. The van der Waals surface area contributed by atoms with Gasteiger partial charge in [-0.15, -0.1) is 11.8 Å². The fourth-order valence-corrected chi connectivity index (χ4v) is 3.07. The molecule has 1 unspecified atom stereocenters. The average molecular weight is 285 g/mol. The summed E-state index contributed by atoms with van der Waals surface area (Å²) in [5.74, 6) is 1.43. The number of rotatable bonds is 3. The summed E-state index contributed by atoms with van der Waals surface area (Å²) in [5, 5.41) is 0. The summed E-state index contributed by atoms with van der Waals surface area (Å²) in [6.45, 7) is 0.761. The SMILES string of the molecule is CSc1ccc(-c2ncc3c(n2)CCC(CN)C3)cc1. The van der Waals surface area contributed by atoms with E-state index in [1.54, 1.807) is 11.8 Å². The molecule has 1 aromatic carbocycles. The largest absolute Gasteiger partial charge is 0.330 e. The molecule has 0 bridgehead atoms. The molecule has 4 heteroatoms. The number of thioether (sulfide) groups is 1. The van der Waals surface area contributed by atoms with E-state index in [4.69, 9.17) is 10.7 Å². The topological polar surface area (TPSA) is 51.8 Å². The van der Waals surface area contributed by atoms with Crippen LogP contribution >= 0.6 is 11.8 Å². The molecule has 0 saturated heterocycles. The Kier molecular flexibility index (Phi) is 4.03. The van der Waals surface area contributed by atoms with Gasteiger partial charge < -0.3 is 5.73 Å². The number of hydrogen-bond donors (Lipinski definition) is 1. The van der Waals surface area contributed by atoms with Gasteiger partial charge in [0.15, 0.2) is 5.82 Å². The highest BCUT2D eigenvalue weighted by Crippen LogP contribution is 2.26. The second-order valence-electron chi connectivity index (χ2n) is 5.24. The molecule has 0 fully saturated rings. The minimum atomic E-state index is 0.595. The summed E-state index contributed by atoms with van der Waals surface area (Å²) < 4.78 is 0. The molecule has 20 heavy (non-hydrogen) atoms. The molecule has 1 aliphatic rings. The number of nitrogens with zero attached hydrogens (tertiary/aromatic N) is 2. The molecule has 1 heterocycles. The molecule has 104 valence electrons. The number of aromatic nitrogens is 2. The van der Waals surface area contributed by atoms with Gasteiger partial charge in [-0.3, -0.25) is 0 Å². The van der Waals surface area contributed by atoms with Gasteiger partial charge in [0.2, 0.25) is 0 Å². The highest BCUT2D eigenvalue weighted by Gasteiger charge is 2.19. The molecular weight excluding hydrogens is 266 g/mol. The maximum atomic E-state index is 5.77. The van der Waals surface area contributed by atoms with Gasteiger partial charge in [0.05, 0.1) is 0 Å². The standard InChI is InChI=1S/C16H19N3S/c1-20-14-5-3-12(4-6-14)16-18-10-13-8-11(9-17)2-7-15(13)19-16/h3-6,10-11H,2,7-9,17H2,1H3. The van der Waals surface area contributed by atoms with E-state index in [9.17, 15) is 0 Å². The molecular formula is C16H19N3S. The Hall–Kier alpha value is -1.39. The van der Waals surface area contributed by atoms with E-state index in [2.05, 4.69) is 35.5 Å². The second kappa shape index (κ2) is 5.94. The van der Waals surface area contributed by atoms with E-state index in [1.807, 2.05) is 6.20 Å². The number of hydrogen-bond acceptors (Lipinski definition) is 4. The van der Waals surface area contributed by atoms with Crippen LogP contribution in [0.15, 0.2) is 35.4 Å². The molecule has 1 aromatic heterocycles. The number of aryl methyl sites for hydroxylation is 1. The van der Waals surface area contributed by atoms with Gasteiger partial charge in [0.25, 0.3) is 0 Å². The van der Waals surface area contributed by atoms with Crippen LogP contribution in [0.1, 0.15) is 17.7 Å². The van der Waals surface area contributed by atoms with E-state index in [0.717, 1.165) is 37.2 Å². The van der Waals surface area contributed by atoms with Crippen molar-refractivity contribution in [1.82, 2.24) is 9.97 Å². The van der Waals surface area contributed by atoms with Crippen LogP contribution in [0.3, 0.4) is 0 Å². The molecule has 0 saturated carbocycles. The second-order valence-corrected chi connectivity index (χ2v) is 6.12. The molecule has 2 N–H and O–H groups in total. The van der Waals surface area contributed by atoms with Crippen LogP contribution < -0.4 is 5.73 Å². The van der Waals surface area contributed by atoms with Crippen molar-refractivity contribution in [3.63, 3.8) is 0 Å². The summed E-state index contributed by atoms with van der Waals surface area (Å²) in [5.41, 5.74) is 9.33. The maximum absolute atomic E-state index is 5.77. The van der Waals surface area contributed by atoms with Crippen molar-refractivity contribution in [3.05, 3.63) is 41.7 Å². The first-order valence-corrected chi connectivity index (χ1v) is 8.22. The van der Waals surface area contributed by atoms with Crippen molar-refractivity contribution in [2.24, 2.45) is 11.7 Å². The lowest BCUT2D eigenvalue weighted by molar-refractivity contribution is 0.462. The van der Waals surface area contributed by atoms with E-state index in [-0.39, 0.29) is 0 Å². The van der Waals surface area contributed by atoms with Gasteiger partial charge in [0.1, 0.15) is 0 Å². The van der Waals surface area contributed by atoms with Gasteiger partial charge in [-0.2, -0.15) is 0 Å². The van der Waals surface area contributed by atoms with Crippen LogP contribution in [0.5, 0.6) is 0 Å². The first kappa shape index (κ1) is 13.6. The third-order valence-electron chi connectivity index (χ3n) is 3.93. The first-order chi connectivity index (χ1) is 9.80. The number of benzene rings is 1. The zero-order valence-corrected chi connectivity index (χ0v) is 12.5. The molecule has 0 amide bonds. The summed E-state index contributed by atoms with van der Waals surface area (Å²) in [6, 6.07) is 8.43. The Morgan fingerprint density at radius 3 is 2.80 bits per heavy atom. The highest BCUT2D eigenvalue weighted by atomic mass is 32.2. The zero-order chi connectivity index (χ0) is 13.9. The van der Waals surface area contributed by atoms with Crippen molar-refractivity contribution in [2.45, 2.75) is 24.2 Å². The van der Waals surface area contributed by atoms with Crippen molar-refractivity contribution in [3.8, 4) is 11.4 Å². The van der Waals surface area contributed by atoms with Crippen LogP contribution in [0, 0.1) is 5.92 Å². The quantitative estimate of drug-likeness (QED) is 0.881. The van der Waals surface area contributed by atoms with Gasteiger partial charge in [-0.05, 0) is 55.7 Å². The molecule has 3 rings (SSSR count). The van der Waals surface area contributed by atoms with Gasteiger partial charge >= 0.3 is 0 Å². The molecule has 1 atom stereocenters. The number of nitrogens with two attached hydrogens (primary N) is 1. The molecule has 0 spiro atoms. The lowest BCUT2D eigenvalue weighted by Gasteiger charge is -2.22. The summed E-state index contributed by atoms with van der Waals surface area (Å²) >= 11 is 1.75. The van der Waals surface area contributed by atoms with Gasteiger partial charge in [0, 0.05) is 22.3 Å². The van der Waals surface area contributed by atoms with Crippen LogP contribution in [0.4, 0.5) is 0 Å². The van der Waals surface area contributed by atoms with Crippen LogP contribution in [0.25, 0.3) is 11.4 Å². The molecule has 1 aliphatic carbocycles. The summed E-state index contributed by atoms with van der Waals surface area (Å²) in [6.07, 6.45) is 7.26. The lowest BCUT2D eigenvalue weighted by Crippen LogP contribution is -2.23. The van der Waals surface area contributed by atoms with Crippen LogP contribution in [-0.2, 0) is 12.8 Å². The minimum Gasteiger partial charge on any atom is -0.330 e. The van der Waals surface area contributed by atoms with E-state index >= 15 is 0 Å². The van der Waals surface area contributed by atoms with E-state index < -0.39 is 0 Å². The Balaban J connectivity index is 1.88. The van der Waals surface area contributed by atoms with Gasteiger partial charge in [-0.25, -0.2) is 9.97 Å². The Labute approximate surface area is 124 Å². The Bertz CT molecular complexity index is 595. The van der Waals surface area contributed by atoms with Crippen molar-refractivity contribution in [1.29, 1.82) is 0 Å². The molecule has 2 aromatic rings. The minimum absolute atomic E-state index is 0.595.